The summed E-state index contributed by atoms with van der Waals surface area (Å²) in [7, 11) is 0. The average molecular weight is 169 g/mol. The van der Waals surface area contributed by atoms with E-state index < -0.39 is 5.97 Å². The van der Waals surface area contributed by atoms with E-state index in [9.17, 15) is 4.79 Å². The van der Waals surface area contributed by atoms with Gasteiger partial charge in [0.2, 0.25) is 0 Å². The van der Waals surface area contributed by atoms with Crippen molar-refractivity contribution < 1.29 is 9.90 Å². The SMILES string of the molecule is Cc1nnn(CCC(=O)O)c1C. The van der Waals surface area contributed by atoms with Crippen LogP contribution in [0.4, 0.5) is 0 Å². The minimum atomic E-state index is -0.817. The van der Waals surface area contributed by atoms with Gasteiger partial charge in [-0.3, -0.25) is 4.79 Å². The largest absolute Gasteiger partial charge is 0.481 e. The summed E-state index contributed by atoms with van der Waals surface area (Å²) in [6, 6.07) is 0. The molecule has 0 saturated heterocycles. The lowest BCUT2D eigenvalue weighted by Gasteiger charge is -1.98. The first-order chi connectivity index (χ1) is 5.61. The molecule has 5 heteroatoms. The normalized spacial score (nSPS) is 10.2. The molecule has 1 aromatic heterocycles. The number of carbonyl (C=O) groups is 1. The maximum absolute atomic E-state index is 10.2. The predicted molar refractivity (Wildman–Crippen MR) is 41.7 cm³/mol. The van der Waals surface area contributed by atoms with Gasteiger partial charge in [-0.05, 0) is 13.8 Å². The molecule has 0 bridgehead atoms. The number of nitrogens with zero attached hydrogens (tertiary/aromatic N) is 3. The predicted octanol–water partition coefficient (Wildman–Crippen LogP) is 0.370. The van der Waals surface area contributed by atoms with E-state index in [1.165, 1.54) is 0 Å². The summed E-state index contributed by atoms with van der Waals surface area (Å²) in [5.41, 5.74) is 1.77. The third-order valence-electron chi connectivity index (χ3n) is 1.75. The van der Waals surface area contributed by atoms with Crippen molar-refractivity contribution in [2.24, 2.45) is 0 Å². The summed E-state index contributed by atoms with van der Waals surface area (Å²) in [6.07, 6.45) is 0.0869. The minimum Gasteiger partial charge on any atom is -0.481 e. The van der Waals surface area contributed by atoms with Gasteiger partial charge in [-0.2, -0.15) is 0 Å². The maximum Gasteiger partial charge on any atom is 0.305 e. The van der Waals surface area contributed by atoms with Gasteiger partial charge in [0.1, 0.15) is 0 Å². The van der Waals surface area contributed by atoms with Crippen molar-refractivity contribution in [1.82, 2.24) is 15.0 Å². The second kappa shape index (κ2) is 3.34. The molecule has 1 heterocycles. The van der Waals surface area contributed by atoms with Gasteiger partial charge in [-0.1, -0.05) is 5.21 Å². The molecule has 0 atom stereocenters. The monoisotopic (exact) mass is 169 g/mol. The molecule has 0 aliphatic rings. The second-order valence-corrected chi connectivity index (χ2v) is 2.63. The van der Waals surface area contributed by atoms with Crippen LogP contribution in [-0.4, -0.2) is 26.1 Å². The van der Waals surface area contributed by atoms with Crippen LogP contribution in [0.2, 0.25) is 0 Å². The van der Waals surface area contributed by atoms with Crippen LogP contribution in [0.1, 0.15) is 17.8 Å². The van der Waals surface area contributed by atoms with Crippen molar-refractivity contribution in [2.75, 3.05) is 0 Å². The molecule has 0 aromatic carbocycles. The smallest absolute Gasteiger partial charge is 0.305 e. The molecule has 0 aliphatic heterocycles. The van der Waals surface area contributed by atoms with Crippen LogP contribution in [-0.2, 0) is 11.3 Å². The highest BCUT2D eigenvalue weighted by molar-refractivity contribution is 5.66. The van der Waals surface area contributed by atoms with Crippen LogP contribution in [0.25, 0.3) is 0 Å². The summed E-state index contributed by atoms with van der Waals surface area (Å²) >= 11 is 0. The average Bonchev–Trinajstić information content (AvgIpc) is 2.30. The van der Waals surface area contributed by atoms with Gasteiger partial charge in [-0.15, -0.1) is 5.10 Å². The number of hydrogen-bond acceptors (Lipinski definition) is 3. The summed E-state index contributed by atoms with van der Waals surface area (Å²) in [4.78, 5) is 10.2. The van der Waals surface area contributed by atoms with Crippen molar-refractivity contribution >= 4 is 5.97 Å². The van der Waals surface area contributed by atoms with Gasteiger partial charge in [0.15, 0.2) is 0 Å². The van der Waals surface area contributed by atoms with Gasteiger partial charge >= 0.3 is 5.97 Å². The Balaban J connectivity index is 2.63. The van der Waals surface area contributed by atoms with Crippen molar-refractivity contribution in [3.63, 3.8) is 0 Å². The number of rotatable bonds is 3. The summed E-state index contributed by atoms with van der Waals surface area (Å²) < 4.78 is 1.60. The number of aromatic nitrogens is 3. The molecular weight excluding hydrogens is 158 g/mol. The van der Waals surface area contributed by atoms with Crippen LogP contribution in [0.5, 0.6) is 0 Å². The Kier molecular flexibility index (Phi) is 2.42. The molecule has 0 radical (unpaired) electrons. The Morgan fingerprint density at radius 3 is 2.67 bits per heavy atom. The van der Waals surface area contributed by atoms with Gasteiger partial charge in [0.05, 0.1) is 24.4 Å². The Bertz CT molecular complexity index is 293. The zero-order chi connectivity index (χ0) is 9.14. The van der Waals surface area contributed by atoms with E-state index in [1.54, 1.807) is 4.68 Å². The lowest BCUT2D eigenvalue weighted by atomic mass is 10.3. The fourth-order valence-electron chi connectivity index (χ4n) is 0.861. The number of aryl methyl sites for hydroxylation is 2. The number of hydrogen-bond donors (Lipinski definition) is 1. The van der Waals surface area contributed by atoms with Gasteiger partial charge in [0.25, 0.3) is 0 Å². The van der Waals surface area contributed by atoms with Gasteiger partial charge < -0.3 is 5.11 Å². The van der Waals surface area contributed by atoms with Gasteiger partial charge in [0, 0.05) is 0 Å². The molecule has 1 N–H and O–H groups in total. The third-order valence-corrected chi connectivity index (χ3v) is 1.75. The second-order valence-electron chi connectivity index (χ2n) is 2.63. The minimum absolute atomic E-state index is 0.0869. The first kappa shape index (κ1) is 8.70. The molecule has 0 aliphatic carbocycles. The van der Waals surface area contributed by atoms with E-state index in [0.717, 1.165) is 11.4 Å². The van der Waals surface area contributed by atoms with Crippen LogP contribution in [0.3, 0.4) is 0 Å². The zero-order valence-corrected chi connectivity index (χ0v) is 7.11. The van der Waals surface area contributed by atoms with Crippen molar-refractivity contribution in [1.29, 1.82) is 0 Å². The number of aliphatic carboxylic acids is 1. The highest BCUT2D eigenvalue weighted by Crippen LogP contribution is 2.01. The quantitative estimate of drug-likeness (QED) is 0.709. The van der Waals surface area contributed by atoms with Crippen LogP contribution >= 0.6 is 0 Å². The molecule has 5 nitrogen and oxygen atoms in total. The van der Waals surface area contributed by atoms with Crippen molar-refractivity contribution in [3.8, 4) is 0 Å². The fraction of sp³-hybridized carbons (Fsp3) is 0.571. The lowest BCUT2D eigenvalue weighted by molar-refractivity contribution is -0.137. The topological polar surface area (TPSA) is 68.0 Å². The zero-order valence-electron chi connectivity index (χ0n) is 7.11. The van der Waals surface area contributed by atoms with E-state index in [-0.39, 0.29) is 6.42 Å². The van der Waals surface area contributed by atoms with E-state index in [0.29, 0.717) is 6.54 Å². The van der Waals surface area contributed by atoms with E-state index in [2.05, 4.69) is 10.3 Å². The van der Waals surface area contributed by atoms with E-state index in [4.69, 9.17) is 5.11 Å². The van der Waals surface area contributed by atoms with E-state index in [1.807, 2.05) is 13.8 Å². The Labute approximate surface area is 70.0 Å². The molecule has 1 rings (SSSR count). The number of carboxylic acid groups (broad SMARTS) is 1. The van der Waals surface area contributed by atoms with E-state index >= 15 is 0 Å². The number of carboxylic acids is 1. The molecule has 12 heavy (non-hydrogen) atoms. The van der Waals surface area contributed by atoms with Crippen molar-refractivity contribution in [3.05, 3.63) is 11.4 Å². The molecule has 0 saturated carbocycles. The standard InChI is InChI=1S/C7H11N3O2/c1-5-6(2)10(9-8-5)4-3-7(11)12/h3-4H2,1-2H3,(H,11,12). The lowest BCUT2D eigenvalue weighted by Crippen LogP contribution is -2.07. The highest BCUT2D eigenvalue weighted by atomic mass is 16.4. The summed E-state index contributed by atoms with van der Waals surface area (Å²) in [5, 5.41) is 16.0. The van der Waals surface area contributed by atoms with Crippen molar-refractivity contribution in [2.45, 2.75) is 26.8 Å². The summed E-state index contributed by atoms with van der Waals surface area (Å²) in [6.45, 7) is 4.11. The third kappa shape index (κ3) is 1.81. The first-order valence-corrected chi connectivity index (χ1v) is 3.69. The van der Waals surface area contributed by atoms with Crippen LogP contribution in [0.15, 0.2) is 0 Å². The Hall–Kier alpha value is -1.39. The fourth-order valence-corrected chi connectivity index (χ4v) is 0.861. The van der Waals surface area contributed by atoms with Gasteiger partial charge in [-0.25, -0.2) is 4.68 Å². The van der Waals surface area contributed by atoms with Crippen LogP contribution in [0, 0.1) is 13.8 Å². The molecule has 66 valence electrons. The first-order valence-electron chi connectivity index (χ1n) is 3.69. The molecule has 0 unspecified atom stereocenters. The Morgan fingerprint density at radius 2 is 2.25 bits per heavy atom. The molecule has 0 fully saturated rings. The molecule has 0 amide bonds. The molecular formula is C7H11N3O2. The molecule has 1 aromatic rings. The Morgan fingerprint density at radius 1 is 1.58 bits per heavy atom. The van der Waals surface area contributed by atoms with Crippen LogP contribution < -0.4 is 0 Å². The summed E-state index contributed by atoms with van der Waals surface area (Å²) in [5.74, 6) is -0.817. The molecule has 0 spiro atoms. The maximum atomic E-state index is 10.2. The highest BCUT2D eigenvalue weighted by Gasteiger charge is 2.04.